The van der Waals surface area contributed by atoms with Crippen LogP contribution in [-0.4, -0.2) is 21.2 Å². The molecule has 1 amide bonds. The van der Waals surface area contributed by atoms with E-state index in [1.807, 2.05) is 0 Å². The maximum atomic E-state index is 11.8. The van der Waals surface area contributed by atoms with Crippen LogP contribution in [0.1, 0.15) is 15.9 Å². The Hall–Kier alpha value is -2.01. The Kier molecular flexibility index (Phi) is 3.30. The smallest absolute Gasteiger partial charge is 0.255 e. The highest BCUT2D eigenvalue weighted by molar-refractivity contribution is 6.31. The topological polar surface area (TPSA) is 78.0 Å². The maximum absolute atomic E-state index is 11.8. The van der Waals surface area contributed by atoms with Crippen LogP contribution < -0.4 is 5.32 Å². The Balaban J connectivity index is 2.07. The van der Waals surface area contributed by atoms with Crippen molar-refractivity contribution in [1.82, 2.24) is 15.5 Å². The van der Waals surface area contributed by atoms with Gasteiger partial charge in [-0.2, -0.15) is 5.10 Å². The lowest BCUT2D eigenvalue weighted by Crippen LogP contribution is -2.22. The number of carbonyl (C=O) groups excluding carboxylic acids is 1. The molecule has 3 N–H and O–H groups in total. The minimum absolute atomic E-state index is 0.0981. The van der Waals surface area contributed by atoms with E-state index >= 15 is 0 Å². The fraction of sp³-hybridized carbons (Fsp3) is 0.0909. The van der Waals surface area contributed by atoms with Gasteiger partial charge in [0.2, 0.25) is 0 Å². The van der Waals surface area contributed by atoms with Crippen LogP contribution in [0.2, 0.25) is 5.02 Å². The maximum Gasteiger partial charge on any atom is 0.255 e. The van der Waals surface area contributed by atoms with Gasteiger partial charge in [0, 0.05) is 23.3 Å². The fourth-order valence-corrected chi connectivity index (χ4v) is 1.51. The molecule has 0 fully saturated rings. The minimum Gasteiger partial charge on any atom is -0.507 e. The van der Waals surface area contributed by atoms with E-state index in [4.69, 9.17) is 11.6 Å². The highest BCUT2D eigenvalue weighted by atomic mass is 35.5. The summed E-state index contributed by atoms with van der Waals surface area (Å²) in [6.45, 7) is 0.335. The lowest BCUT2D eigenvalue weighted by atomic mass is 10.2. The van der Waals surface area contributed by atoms with Gasteiger partial charge in [0.05, 0.1) is 11.8 Å². The third-order valence-electron chi connectivity index (χ3n) is 2.21. The lowest BCUT2D eigenvalue weighted by molar-refractivity contribution is 0.0948. The number of aromatic amines is 1. The summed E-state index contributed by atoms with van der Waals surface area (Å²) in [4.78, 5) is 11.8. The molecule has 0 saturated carbocycles. The van der Waals surface area contributed by atoms with Crippen LogP contribution in [0.4, 0.5) is 0 Å². The normalized spacial score (nSPS) is 10.2. The van der Waals surface area contributed by atoms with E-state index in [2.05, 4.69) is 15.5 Å². The minimum atomic E-state index is -0.383. The molecule has 0 aliphatic rings. The summed E-state index contributed by atoms with van der Waals surface area (Å²) in [7, 11) is 0. The largest absolute Gasteiger partial charge is 0.507 e. The lowest BCUT2D eigenvalue weighted by Gasteiger charge is -2.05. The van der Waals surface area contributed by atoms with Crippen LogP contribution in [0.15, 0.2) is 30.6 Å². The van der Waals surface area contributed by atoms with E-state index in [0.29, 0.717) is 11.6 Å². The number of benzene rings is 1. The monoisotopic (exact) mass is 251 g/mol. The Morgan fingerprint density at radius 3 is 3.06 bits per heavy atom. The van der Waals surface area contributed by atoms with Gasteiger partial charge in [0.25, 0.3) is 5.91 Å². The van der Waals surface area contributed by atoms with Gasteiger partial charge in [0.15, 0.2) is 0 Å². The van der Waals surface area contributed by atoms with E-state index in [0.717, 1.165) is 5.56 Å². The SMILES string of the molecule is O=C(NCc1cn[nH]c1)c1cc(Cl)ccc1O. The molecule has 17 heavy (non-hydrogen) atoms. The first kappa shape index (κ1) is 11.5. The molecular weight excluding hydrogens is 242 g/mol. The fourth-order valence-electron chi connectivity index (χ4n) is 1.34. The van der Waals surface area contributed by atoms with Gasteiger partial charge < -0.3 is 10.4 Å². The number of rotatable bonds is 3. The van der Waals surface area contributed by atoms with Crippen molar-refractivity contribution in [2.45, 2.75) is 6.54 Å². The molecule has 1 aromatic carbocycles. The standard InChI is InChI=1S/C11H10ClN3O2/c12-8-1-2-10(16)9(3-8)11(17)13-4-7-5-14-15-6-7/h1-3,5-6,16H,4H2,(H,13,17)(H,14,15). The van der Waals surface area contributed by atoms with E-state index in [1.165, 1.54) is 18.2 Å². The average Bonchev–Trinajstić information content (AvgIpc) is 2.82. The molecule has 0 saturated heterocycles. The van der Waals surface area contributed by atoms with Crippen LogP contribution in [0, 0.1) is 0 Å². The second-order valence-electron chi connectivity index (χ2n) is 3.45. The van der Waals surface area contributed by atoms with Gasteiger partial charge in [0.1, 0.15) is 5.75 Å². The molecule has 0 atom stereocenters. The Bertz CT molecular complexity index is 526. The number of nitrogens with zero attached hydrogens (tertiary/aromatic N) is 1. The summed E-state index contributed by atoms with van der Waals surface area (Å²) >= 11 is 5.75. The van der Waals surface area contributed by atoms with Gasteiger partial charge in [-0.05, 0) is 18.2 Å². The van der Waals surface area contributed by atoms with E-state index in [-0.39, 0.29) is 17.2 Å². The molecule has 5 nitrogen and oxygen atoms in total. The Labute approximate surface area is 102 Å². The van der Waals surface area contributed by atoms with E-state index in [1.54, 1.807) is 12.4 Å². The number of halogens is 1. The van der Waals surface area contributed by atoms with E-state index < -0.39 is 0 Å². The van der Waals surface area contributed by atoms with Crippen molar-refractivity contribution < 1.29 is 9.90 Å². The molecule has 0 bridgehead atoms. The summed E-state index contributed by atoms with van der Waals surface area (Å²) in [6.07, 6.45) is 3.29. The van der Waals surface area contributed by atoms with Gasteiger partial charge in [-0.1, -0.05) is 11.6 Å². The summed E-state index contributed by atoms with van der Waals surface area (Å²) in [5, 5.41) is 19.0. The van der Waals surface area contributed by atoms with Gasteiger partial charge in [-0.3, -0.25) is 9.89 Å². The number of hydrogen-bond donors (Lipinski definition) is 3. The first-order valence-electron chi connectivity index (χ1n) is 4.91. The molecule has 6 heteroatoms. The van der Waals surface area contributed by atoms with Crippen molar-refractivity contribution in [3.05, 3.63) is 46.7 Å². The van der Waals surface area contributed by atoms with Crippen molar-refractivity contribution in [3.63, 3.8) is 0 Å². The highest BCUT2D eigenvalue weighted by Gasteiger charge is 2.11. The Morgan fingerprint density at radius 2 is 2.35 bits per heavy atom. The van der Waals surface area contributed by atoms with Crippen LogP contribution in [-0.2, 0) is 6.54 Å². The van der Waals surface area contributed by atoms with Crippen LogP contribution in [0.25, 0.3) is 0 Å². The van der Waals surface area contributed by atoms with Crippen LogP contribution >= 0.6 is 11.6 Å². The molecule has 88 valence electrons. The molecule has 2 aromatic rings. The molecule has 2 rings (SSSR count). The number of aromatic nitrogens is 2. The summed E-state index contributed by atoms with van der Waals surface area (Å²) in [5.74, 6) is -0.481. The quantitative estimate of drug-likeness (QED) is 0.777. The number of phenolic OH excluding ortho intramolecular Hbond substituents is 1. The number of phenols is 1. The van der Waals surface area contributed by atoms with Gasteiger partial charge in [-0.25, -0.2) is 0 Å². The predicted octanol–water partition coefficient (Wildman–Crippen LogP) is 1.70. The average molecular weight is 252 g/mol. The first-order valence-corrected chi connectivity index (χ1v) is 5.29. The van der Waals surface area contributed by atoms with Crippen LogP contribution in [0.5, 0.6) is 5.75 Å². The number of nitrogens with one attached hydrogen (secondary N) is 2. The van der Waals surface area contributed by atoms with Crippen LogP contribution in [0.3, 0.4) is 0 Å². The summed E-state index contributed by atoms with van der Waals surface area (Å²) in [6, 6.07) is 4.32. The van der Waals surface area contributed by atoms with Gasteiger partial charge >= 0.3 is 0 Å². The molecule has 0 radical (unpaired) electrons. The molecule has 0 aliphatic heterocycles. The number of H-pyrrole nitrogens is 1. The number of hydrogen-bond acceptors (Lipinski definition) is 3. The number of aromatic hydroxyl groups is 1. The second kappa shape index (κ2) is 4.88. The molecular formula is C11H10ClN3O2. The second-order valence-corrected chi connectivity index (χ2v) is 3.89. The summed E-state index contributed by atoms with van der Waals surface area (Å²) in [5.41, 5.74) is 1.00. The zero-order valence-electron chi connectivity index (χ0n) is 8.77. The summed E-state index contributed by atoms with van der Waals surface area (Å²) < 4.78 is 0. The predicted molar refractivity (Wildman–Crippen MR) is 62.9 cm³/mol. The molecule has 0 aliphatic carbocycles. The molecule has 0 spiro atoms. The van der Waals surface area contributed by atoms with Crippen molar-refractivity contribution in [1.29, 1.82) is 0 Å². The van der Waals surface area contributed by atoms with Crippen molar-refractivity contribution in [3.8, 4) is 5.75 Å². The molecule has 0 unspecified atom stereocenters. The zero-order chi connectivity index (χ0) is 12.3. The highest BCUT2D eigenvalue weighted by Crippen LogP contribution is 2.21. The Morgan fingerprint density at radius 1 is 1.53 bits per heavy atom. The molecule has 1 aromatic heterocycles. The van der Waals surface area contributed by atoms with Crippen molar-refractivity contribution in [2.24, 2.45) is 0 Å². The number of amides is 1. The third kappa shape index (κ3) is 2.76. The zero-order valence-corrected chi connectivity index (χ0v) is 9.53. The van der Waals surface area contributed by atoms with Crippen molar-refractivity contribution >= 4 is 17.5 Å². The molecule has 1 heterocycles. The number of carbonyl (C=O) groups is 1. The van der Waals surface area contributed by atoms with E-state index in [9.17, 15) is 9.90 Å². The first-order chi connectivity index (χ1) is 8.16. The van der Waals surface area contributed by atoms with Gasteiger partial charge in [-0.15, -0.1) is 0 Å². The third-order valence-corrected chi connectivity index (χ3v) is 2.45. The van der Waals surface area contributed by atoms with Crippen molar-refractivity contribution in [2.75, 3.05) is 0 Å².